The summed E-state index contributed by atoms with van der Waals surface area (Å²) in [5.74, 6) is -1.57. The Bertz CT molecular complexity index is 519. The number of carbonyl (C=O) groups is 2. The van der Waals surface area contributed by atoms with E-state index in [4.69, 9.17) is 16.3 Å². The van der Waals surface area contributed by atoms with Crippen LogP contribution in [0.4, 0.5) is 0 Å². The highest BCUT2D eigenvalue weighted by Crippen LogP contribution is 2.25. The van der Waals surface area contributed by atoms with Gasteiger partial charge in [0.1, 0.15) is 5.75 Å². The molecule has 1 N–H and O–H groups in total. The number of aryl methyl sites for hydroxylation is 2. The van der Waals surface area contributed by atoms with E-state index in [1.54, 1.807) is 26.0 Å². The average molecular weight is 313 g/mol. The topological polar surface area (TPSA) is 78.5 Å². The van der Waals surface area contributed by atoms with Gasteiger partial charge in [0.2, 0.25) is 0 Å². The quantitative estimate of drug-likeness (QED) is 0.857. The molecule has 0 bridgehead atoms. The fourth-order valence-electron chi connectivity index (χ4n) is 1.85. The largest absolute Gasteiger partial charge is 0.548 e. The molecule has 0 spiro atoms. The molecule has 0 aromatic heterocycles. The number of hydrogen-bond acceptors (Lipinski definition) is 4. The minimum absolute atomic E-state index is 0.265. The number of carboxylic acid groups (broad SMARTS) is 1. The molecule has 0 saturated heterocycles. The van der Waals surface area contributed by atoms with E-state index in [0.29, 0.717) is 10.8 Å². The maximum absolute atomic E-state index is 11.7. The lowest BCUT2D eigenvalue weighted by atomic mass is 10.1. The Kier molecular flexibility index (Phi) is 6.03. The minimum atomic E-state index is -1.31. The van der Waals surface area contributed by atoms with Crippen molar-refractivity contribution in [2.45, 2.75) is 33.7 Å². The predicted octanol–water partition coefficient (Wildman–Crippen LogP) is 1.23. The van der Waals surface area contributed by atoms with Crippen molar-refractivity contribution in [3.63, 3.8) is 0 Å². The number of aliphatic carboxylic acids is 1. The SMILES string of the molecule is Cc1cc(OCC(=O)N[C@@H](C(=O)[O-])C(C)C)cc(C)c1Cl. The first-order valence-electron chi connectivity index (χ1n) is 6.62. The lowest BCUT2D eigenvalue weighted by molar-refractivity contribution is -0.309. The molecule has 0 heterocycles. The first-order valence-corrected chi connectivity index (χ1v) is 7.00. The van der Waals surface area contributed by atoms with Gasteiger partial charge in [-0.1, -0.05) is 25.4 Å². The van der Waals surface area contributed by atoms with E-state index in [0.717, 1.165) is 11.1 Å². The van der Waals surface area contributed by atoms with E-state index in [-0.39, 0.29) is 12.5 Å². The van der Waals surface area contributed by atoms with Crippen molar-refractivity contribution in [2.75, 3.05) is 6.61 Å². The van der Waals surface area contributed by atoms with Crippen molar-refractivity contribution in [1.82, 2.24) is 5.32 Å². The number of benzene rings is 1. The van der Waals surface area contributed by atoms with E-state index in [9.17, 15) is 14.7 Å². The van der Waals surface area contributed by atoms with Gasteiger partial charge in [-0.3, -0.25) is 4.79 Å². The summed E-state index contributed by atoms with van der Waals surface area (Å²) < 4.78 is 5.36. The number of hydrogen-bond donors (Lipinski definition) is 1. The van der Waals surface area contributed by atoms with Crippen LogP contribution in [-0.4, -0.2) is 24.5 Å². The normalized spacial score (nSPS) is 12.1. The molecule has 21 heavy (non-hydrogen) atoms. The molecule has 0 saturated carbocycles. The molecule has 1 atom stereocenters. The highest BCUT2D eigenvalue weighted by atomic mass is 35.5. The van der Waals surface area contributed by atoms with Crippen LogP contribution in [-0.2, 0) is 9.59 Å². The molecule has 0 radical (unpaired) electrons. The number of rotatable bonds is 6. The number of carboxylic acids is 1. The zero-order chi connectivity index (χ0) is 16.2. The maximum Gasteiger partial charge on any atom is 0.258 e. The summed E-state index contributed by atoms with van der Waals surface area (Å²) in [6.45, 7) is 6.79. The van der Waals surface area contributed by atoms with Crippen LogP contribution >= 0.6 is 11.6 Å². The van der Waals surface area contributed by atoms with Crippen molar-refractivity contribution >= 4 is 23.5 Å². The van der Waals surface area contributed by atoms with E-state index in [1.807, 2.05) is 13.8 Å². The van der Waals surface area contributed by atoms with Crippen LogP contribution in [0.15, 0.2) is 12.1 Å². The molecule has 1 rings (SSSR count). The van der Waals surface area contributed by atoms with Crippen LogP contribution in [0.3, 0.4) is 0 Å². The van der Waals surface area contributed by atoms with E-state index in [1.165, 1.54) is 0 Å². The molecular weight excluding hydrogens is 294 g/mol. The van der Waals surface area contributed by atoms with Crippen LogP contribution in [0.5, 0.6) is 5.75 Å². The first kappa shape index (κ1) is 17.3. The highest BCUT2D eigenvalue weighted by Gasteiger charge is 2.17. The van der Waals surface area contributed by atoms with Crippen LogP contribution in [0.1, 0.15) is 25.0 Å². The van der Waals surface area contributed by atoms with Gasteiger partial charge in [-0.2, -0.15) is 0 Å². The smallest absolute Gasteiger partial charge is 0.258 e. The lowest BCUT2D eigenvalue weighted by Gasteiger charge is -2.23. The van der Waals surface area contributed by atoms with Gasteiger partial charge >= 0.3 is 0 Å². The summed E-state index contributed by atoms with van der Waals surface area (Å²) >= 11 is 6.04. The molecule has 1 aromatic rings. The zero-order valence-electron chi connectivity index (χ0n) is 12.5. The van der Waals surface area contributed by atoms with Crippen molar-refractivity contribution in [3.05, 3.63) is 28.3 Å². The van der Waals surface area contributed by atoms with E-state index >= 15 is 0 Å². The molecule has 116 valence electrons. The summed E-state index contributed by atoms with van der Waals surface area (Å²) in [6.07, 6.45) is 0. The van der Waals surface area contributed by atoms with Crippen LogP contribution < -0.4 is 15.2 Å². The third kappa shape index (κ3) is 4.93. The van der Waals surface area contributed by atoms with Crippen molar-refractivity contribution < 1.29 is 19.4 Å². The monoisotopic (exact) mass is 312 g/mol. The van der Waals surface area contributed by atoms with Crippen molar-refractivity contribution in [1.29, 1.82) is 0 Å². The second-order valence-corrected chi connectivity index (χ2v) is 5.65. The van der Waals surface area contributed by atoms with E-state index in [2.05, 4.69) is 5.32 Å². The van der Waals surface area contributed by atoms with Gasteiger partial charge < -0.3 is 20.0 Å². The Hall–Kier alpha value is -1.75. The van der Waals surface area contributed by atoms with Crippen LogP contribution in [0, 0.1) is 19.8 Å². The first-order chi connectivity index (χ1) is 9.72. The molecule has 1 amide bonds. The third-order valence-electron chi connectivity index (χ3n) is 3.02. The van der Waals surface area contributed by atoms with Gasteiger partial charge in [0.15, 0.2) is 6.61 Å². The number of carbonyl (C=O) groups excluding carboxylic acids is 2. The van der Waals surface area contributed by atoms with Crippen LogP contribution in [0.25, 0.3) is 0 Å². The fourth-order valence-corrected chi connectivity index (χ4v) is 1.96. The molecule has 6 heteroatoms. The van der Waals surface area contributed by atoms with Gasteiger partial charge in [-0.25, -0.2) is 0 Å². The standard InChI is InChI=1S/C15H20ClNO4/c1-8(2)14(15(19)20)17-12(18)7-21-11-5-9(3)13(16)10(4)6-11/h5-6,8,14H,7H2,1-4H3,(H,17,18)(H,19,20)/p-1/t14-/m1/s1. The van der Waals surface area contributed by atoms with Crippen molar-refractivity contribution in [2.24, 2.45) is 5.92 Å². The Morgan fingerprint density at radius 3 is 2.24 bits per heavy atom. The molecule has 0 aliphatic carbocycles. The number of nitrogens with one attached hydrogen (secondary N) is 1. The molecular formula is C15H19ClNO4-. The van der Waals surface area contributed by atoms with Gasteiger partial charge in [0.05, 0.1) is 12.0 Å². The minimum Gasteiger partial charge on any atom is -0.548 e. The van der Waals surface area contributed by atoms with Crippen LogP contribution in [0.2, 0.25) is 5.02 Å². The van der Waals surface area contributed by atoms with Gasteiger partial charge in [-0.05, 0) is 43.0 Å². The van der Waals surface area contributed by atoms with E-state index < -0.39 is 17.9 Å². The Morgan fingerprint density at radius 1 is 1.29 bits per heavy atom. The molecule has 0 fully saturated rings. The van der Waals surface area contributed by atoms with Crippen molar-refractivity contribution in [3.8, 4) is 5.75 Å². The number of amides is 1. The number of ether oxygens (including phenoxy) is 1. The lowest BCUT2D eigenvalue weighted by Crippen LogP contribution is -2.51. The number of halogens is 1. The summed E-state index contributed by atoms with van der Waals surface area (Å²) in [5.41, 5.74) is 1.70. The molecule has 0 aliphatic heterocycles. The summed E-state index contributed by atoms with van der Waals surface area (Å²) in [5, 5.41) is 13.9. The highest BCUT2D eigenvalue weighted by molar-refractivity contribution is 6.32. The predicted molar refractivity (Wildman–Crippen MR) is 78.2 cm³/mol. The summed E-state index contributed by atoms with van der Waals surface area (Å²) in [4.78, 5) is 22.6. The van der Waals surface area contributed by atoms with Gasteiger partial charge in [0.25, 0.3) is 5.91 Å². The summed E-state index contributed by atoms with van der Waals surface area (Å²) in [6, 6.07) is 2.41. The van der Waals surface area contributed by atoms with Gasteiger partial charge in [0, 0.05) is 5.02 Å². The Balaban J connectivity index is 2.63. The zero-order valence-corrected chi connectivity index (χ0v) is 13.3. The van der Waals surface area contributed by atoms with Gasteiger partial charge in [-0.15, -0.1) is 0 Å². The average Bonchev–Trinajstić information content (AvgIpc) is 2.38. The molecule has 0 unspecified atom stereocenters. The molecule has 5 nitrogen and oxygen atoms in total. The Labute approximate surface area is 129 Å². The molecule has 1 aromatic carbocycles. The maximum atomic E-state index is 11.7. The fraction of sp³-hybridized carbons (Fsp3) is 0.467. The summed E-state index contributed by atoms with van der Waals surface area (Å²) in [7, 11) is 0. The third-order valence-corrected chi connectivity index (χ3v) is 3.61. The Morgan fingerprint density at radius 2 is 1.81 bits per heavy atom. The second-order valence-electron chi connectivity index (χ2n) is 5.27. The molecule has 0 aliphatic rings. The second kappa shape index (κ2) is 7.31.